The van der Waals surface area contributed by atoms with Gasteiger partial charge in [-0.2, -0.15) is 5.10 Å². The first-order valence-electron chi connectivity index (χ1n) is 7.82. The molecule has 0 atom stereocenters. The Bertz CT molecular complexity index is 881. The molecule has 0 amide bonds. The summed E-state index contributed by atoms with van der Waals surface area (Å²) in [6, 6.07) is 11.2. The second kappa shape index (κ2) is 8.69. The van der Waals surface area contributed by atoms with Crippen LogP contribution in [0.5, 0.6) is 11.5 Å². The minimum absolute atomic E-state index is 0.322. The number of aryl methyl sites for hydroxylation is 1. The molecule has 0 aliphatic carbocycles. The highest BCUT2D eigenvalue weighted by Crippen LogP contribution is 2.31. The molecule has 0 aliphatic heterocycles. The van der Waals surface area contributed by atoms with E-state index in [2.05, 4.69) is 15.3 Å². The Labute approximate surface area is 161 Å². The fraction of sp³-hybridized carbons (Fsp3) is 0.167. The molecule has 3 rings (SSSR count). The van der Waals surface area contributed by atoms with Gasteiger partial charge in [-0.05, 0) is 31.2 Å². The topological polar surface area (TPSA) is 61.5 Å². The number of hydrogen-bond donors (Lipinski definition) is 0. The molecule has 26 heavy (non-hydrogen) atoms. The van der Waals surface area contributed by atoms with Gasteiger partial charge in [-0.1, -0.05) is 40.9 Å². The van der Waals surface area contributed by atoms with Crippen LogP contribution in [0.2, 0.25) is 10.0 Å². The maximum absolute atomic E-state index is 6.27. The van der Waals surface area contributed by atoms with E-state index >= 15 is 0 Å². The Balaban J connectivity index is 1.65. The van der Waals surface area contributed by atoms with Crippen molar-refractivity contribution in [1.29, 1.82) is 0 Å². The summed E-state index contributed by atoms with van der Waals surface area (Å²) >= 11 is 12.3. The number of ether oxygens (including phenoxy) is 2. The zero-order valence-corrected chi connectivity index (χ0v) is 15.5. The first kappa shape index (κ1) is 18.2. The molecule has 8 heteroatoms. The van der Waals surface area contributed by atoms with Crippen molar-refractivity contribution in [2.75, 3.05) is 13.2 Å². The van der Waals surface area contributed by atoms with E-state index in [4.69, 9.17) is 32.7 Å². The molecule has 0 fully saturated rings. The third-order valence-corrected chi connectivity index (χ3v) is 3.89. The van der Waals surface area contributed by atoms with Gasteiger partial charge in [-0.15, -0.1) is 10.2 Å². The maximum Gasteiger partial charge on any atom is 0.147 e. The van der Waals surface area contributed by atoms with Crippen molar-refractivity contribution in [3.63, 3.8) is 0 Å². The SMILES string of the molecule is Cc1ccc(OCCOc2c(Cl)cc(Cl)cc2/C=N/n2cnnc2)cc1. The van der Waals surface area contributed by atoms with E-state index in [0.717, 1.165) is 5.75 Å². The van der Waals surface area contributed by atoms with Crippen LogP contribution in [0.15, 0.2) is 54.2 Å². The number of halogens is 2. The lowest BCUT2D eigenvalue weighted by molar-refractivity contribution is 0.217. The second-order valence-electron chi connectivity index (χ2n) is 5.40. The van der Waals surface area contributed by atoms with Crippen molar-refractivity contribution >= 4 is 29.4 Å². The maximum atomic E-state index is 6.27. The van der Waals surface area contributed by atoms with E-state index < -0.39 is 0 Å². The van der Waals surface area contributed by atoms with Gasteiger partial charge in [0.25, 0.3) is 0 Å². The lowest BCUT2D eigenvalue weighted by Crippen LogP contribution is -2.10. The van der Waals surface area contributed by atoms with Crippen LogP contribution in [-0.2, 0) is 0 Å². The smallest absolute Gasteiger partial charge is 0.147 e. The van der Waals surface area contributed by atoms with E-state index in [9.17, 15) is 0 Å². The molecule has 0 saturated carbocycles. The Hall–Kier alpha value is -2.57. The average Bonchev–Trinajstić information content (AvgIpc) is 3.13. The summed E-state index contributed by atoms with van der Waals surface area (Å²) in [7, 11) is 0. The lowest BCUT2D eigenvalue weighted by atomic mass is 10.2. The van der Waals surface area contributed by atoms with Crippen molar-refractivity contribution in [1.82, 2.24) is 14.9 Å². The first-order chi connectivity index (χ1) is 12.6. The molecule has 0 aliphatic rings. The van der Waals surface area contributed by atoms with Gasteiger partial charge in [-0.25, -0.2) is 4.68 Å². The highest BCUT2D eigenvalue weighted by atomic mass is 35.5. The molecule has 0 radical (unpaired) electrons. The van der Waals surface area contributed by atoms with Gasteiger partial charge >= 0.3 is 0 Å². The number of hydrogen-bond acceptors (Lipinski definition) is 5. The molecular formula is C18H16Cl2N4O2. The first-order valence-corrected chi connectivity index (χ1v) is 8.58. The summed E-state index contributed by atoms with van der Waals surface area (Å²) in [5, 5.41) is 12.5. The van der Waals surface area contributed by atoms with Crippen LogP contribution in [0.4, 0.5) is 0 Å². The highest BCUT2D eigenvalue weighted by Gasteiger charge is 2.10. The summed E-state index contributed by atoms with van der Waals surface area (Å²) in [5.41, 5.74) is 1.82. The Morgan fingerprint density at radius 3 is 2.46 bits per heavy atom. The molecule has 134 valence electrons. The fourth-order valence-electron chi connectivity index (χ4n) is 2.15. The zero-order chi connectivity index (χ0) is 18.4. The predicted molar refractivity (Wildman–Crippen MR) is 102 cm³/mol. The van der Waals surface area contributed by atoms with Crippen molar-refractivity contribution in [3.05, 3.63) is 70.2 Å². The molecule has 0 spiro atoms. The van der Waals surface area contributed by atoms with Crippen molar-refractivity contribution in [2.45, 2.75) is 6.92 Å². The van der Waals surface area contributed by atoms with Crippen LogP contribution in [0.1, 0.15) is 11.1 Å². The van der Waals surface area contributed by atoms with Gasteiger partial charge in [0.05, 0.1) is 11.2 Å². The summed E-state index contributed by atoms with van der Waals surface area (Å²) in [4.78, 5) is 0. The average molecular weight is 391 g/mol. The summed E-state index contributed by atoms with van der Waals surface area (Å²) < 4.78 is 12.9. The van der Waals surface area contributed by atoms with Crippen molar-refractivity contribution in [2.24, 2.45) is 5.10 Å². The van der Waals surface area contributed by atoms with Crippen LogP contribution in [0.3, 0.4) is 0 Å². The van der Waals surface area contributed by atoms with Gasteiger partial charge in [0.1, 0.15) is 37.4 Å². The van der Waals surface area contributed by atoms with Gasteiger partial charge in [0, 0.05) is 10.6 Å². The molecule has 6 nitrogen and oxygen atoms in total. The zero-order valence-electron chi connectivity index (χ0n) is 14.0. The standard InChI is InChI=1S/C18H16Cl2N4O2/c1-13-2-4-16(5-3-13)25-6-7-26-18-14(8-15(19)9-17(18)20)10-23-24-11-21-22-12-24/h2-5,8-12H,6-7H2,1H3/b23-10+. The molecule has 0 saturated heterocycles. The van der Waals surface area contributed by atoms with Crippen molar-refractivity contribution in [3.8, 4) is 11.5 Å². The Morgan fingerprint density at radius 2 is 1.73 bits per heavy atom. The normalized spacial score (nSPS) is 11.0. The molecule has 0 N–H and O–H groups in total. The highest BCUT2D eigenvalue weighted by molar-refractivity contribution is 6.36. The largest absolute Gasteiger partial charge is 0.490 e. The van der Waals surface area contributed by atoms with Crippen LogP contribution in [-0.4, -0.2) is 34.3 Å². The monoisotopic (exact) mass is 390 g/mol. The van der Waals surface area contributed by atoms with Crippen LogP contribution in [0, 0.1) is 6.92 Å². The van der Waals surface area contributed by atoms with E-state index in [-0.39, 0.29) is 0 Å². The third-order valence-electron chi connectivity index (χ3n) is 3.39. The van der Waals surface area contributed by atoms with E-state index in [1.54, 1.807) is 18.3 Å². The quantitative estimate of drug-likeness (QED) is 0.447. The molecule has 3 aromatic rings. The second-order valence-corrected chi connectivity index (χ2v) is 6.25. The number of benzene rings is 2. The molecular weight excluding hydrogens is 375 g/mol. The van der Waals surface area contributed by atoms with Crippen LogP contribution in [0.25, 0.3) is 0 Å². The molecule has 0 bridgehead atoms. The van der Waals surface area contributed by atoms with Crippen LogP contribution >= 0.6 is 23.2 Å². The van der Waals surface area contributed by atoms with Gasteiger partial charge < -0.3 is 9.47 Å². The van der Waals surface area contributed by atoms with E-state index in [1.165, 1.54) is 22.9 Å². The van der Waals surface area contributed by atoms with E-state index in [1.807, 2.05) is 31.2 Å². The van der Waals surface area contributed by atoms with Crippen molar-refractivity contribution < 1.29 is 9.47 Å². The predicted octanol–water partition coefficient (Wildman–Crippen LogP) is 4.23. The summed E-state index contributed by atoms with van der Waals surface area (Å²) in [5.74, 6) is 1.27. The Kier molecular flexibility index (Phi) is 6.09. The van der Waals surface area contributed by atoms with Crippen LogP contribution < -0.4 is 9.47 Å². The minimum Gasteiger partial charge on any atom is -0.490 e. The van der Waals surface area contributed by atoms with E-state index in [0.29, 0.717) is 34.6 Å². The summed E-state index contributed by atoms with van der Waals surface area (Å²) in [6.07, 6.45) is 4.52. The molecule has 2 aromatic carbocycles. The van der Waals surface area contributed by atoms with Gasteiger partial charge in [-0.3, -0.25) is 0 Å². The molecule has 1 aromatic heterocycles. The number of rotatable bonds is 7. The summed E-state index contributed by atoms with van der Waals surface area (Å²) in [6.45, 7) is 2.73. The van der Waals surface area contributed by atoms with Gasteiger partial charge in [0.15, 0.2) is 0 Å². The number of nitrogens with zero attached hydrogens (tertiary/aromatic N) is 4. The Morgan fingerprint density at radius 1 is 1.04 bits per heavy atom. The third kappa shape index (κ3) is 4.97. The molecule has 1 heterocycles. The fourth-order valence-corrected chi connectivity index (χ4v) is 2.71. The number of aromatic nitrogens is 3. The van der Waals surface area contributed by atoms with Gasteiger partial charge in [0.2, 0.25) is 0 Å². The molecule has 0 unspecified atom stereocenters. The minimum atomic E-state index is 0.322. The lowest BCUT2D eigenvalue weighted by Gasteiger charge is -2.12.